The lowest BCUT2D eigenvalue weighted by Gasteiger charge is -2.35. The molecule has 0 aliphatic carbocycles. The second-order valence-electron chi connectivity index (χ2n) is 6.81. The molecule has 2 heterocycles. The maximum Gasteiger partial charge on any atom is 0.254 e. The van der Waals surface area contributed by atoms with Crippen molar-refractivity contribution < 1.29 is 9.53 Å². The highest BCUT2D eigenvalue weighted by atomic mass is 32.1. The van der Waals surface area contributed by atoms with E-state index in [1.165, 1.54) is 11.1 Å². The van der Waals surface area contributed by atoms with E-state index in [0.717, 1.165) is 44.0 Å². The van der Waals surface area contributed by atoms with Gasteiger partial charge in [0.2, 0.25) is 0 Å². The molecule has 0 radical (unpaired) electrons. The summed E-state index contributed by atoms with van der Waals surface area (Å²) >= 11 is 1.57. The number of thiophene rings is 1. The fraction of sp³-hybridized carbons (Fsp3) is 0.450. The maximum absolute atomic E-state index is 12.4. The molecule has 1 aliphatic rings. The smallest absolute Gasteiger partial charge is 0.254 e. The number of benzene rings is 1. The number of amides is 1. The number of carbonyl (C=O) groups is 1. The third-order valence-electron chi connectivity index (χ3n) is 4.79. The fourth-order valence-electron chi connectivity index (χ4n) is 3.20. The van der Waals surface area contributed by atoms with Gasteiger partial charge in [-0.1, -0.05) is 26.0 Å². The number of nitrogens with zero attached hydrogens (tertiary/aromatic N) is 2. The van der Waals surface area contributed by atoms with Crippen LogP contribution in [0, 0.1) is 0 Å². The van der Waals surface area contributed by atoms with E-state index in [-0.39, 0.29) is 5.91 Å². The molecule has 1 aromatic heterocycles. The van der Waals surface area contributed by atoms with Crippen LogP contribution in [0.5, 0.6) is 5.75 Å². The van der Waals surface area contributed by atoms with Crippen LogP contribution in [0.25, 0.3) is 0 Å². The topological polar surface area (TPSA) is 32.8 Å². The van der Waals surface area contributed by atoms with E-state index in [1.54, 1.807) is 18.4 Å². The lowest BCUT2D eigenvalue weighted by molar-refractivity contribution is 0.0628. The van der Waals surface area contributed by atoms with Gasteiger partial charge in [0.05, 0.1) is 12.7 Å². The van der Waals surface area contributed by atoms with E-state index in [0.29, 0.717) is 5.92 Å². The predicted octanol–water partition coefficient (Wildman–Crippen LogP) is 3.84. The Morgan fingerprint density at radius 3 is 2.56 bits per heavy atom. The normalized spacial score (nSPS) is 15.6. The molecule has 0 bridgehead atoms. The molecule has 4 nitrogen and oxygen atoms in total. The fourth-order valence-corrected chi connectivity index (χ4v) is 3.83. The zero-order valence-corrected chi connectivity index (χ0v) is 16.0. The van der Waals surface area contributed by atoms with Gasteiger partial charge < -0.3 is 9.64 Å². The summed E-state index contributed by atoms with van der Waals surface area (Å²) in [5.74, 6) is 1.60. The van der Waals surface area contributed by atoms with Gasteiger partial charge in [0, 0.05) is 43.7 Å². The Hall–Kier alpha value is -1.85. The van der Waals surface area contributed by atoms with Crippen molar-refractivity contribution in [1.82, 2.24) is 9.80 Å². The van der Waals surface area contributed by atoms with Gasteiger partial charge >= 0.3 is 0 Å². The summed E-state index contributed by atoms with van der Waals surface area (Å²) in [6.45, 7) is 8.63. The van der Waals surface area contributed by atoms with Gasteiger partial charge in [-0.2, -0.15) is 11.3 Å². The van der Waals surface area contributed by atoms with Crippen molar-refractivity contribution in [3.05, 3.63) is 51.7 Å². The minimum Gasteiger partial charge on any atom is -0.496 e. The second-order valence-corrected chi connectivity index (χ2v) is 7.59. The third kappa shape index (κ3) is 4.22. The first-order valence-electron chi connectivity index (χ1n) is 8.79. The van der Waals surface area contributed by atoms with E-state index < -0.39 is 0 Å². The zero-order chi connectivity index (χ0) is 17.8. The molecule has 0 N–H and O–H groups in total. The van der Waals surface area contributed by atoms with Crippen molar-refractivity contribution in [1.29, 1.82) is 0 Å². The molecule has 0 unspecified atom stereocenters. The number of hydrogen-bond acceptors (Lipinski definition) is 4. The summed E-state index contributed by atoms with van der Waals surface area (Å²) in [5, 5.41) is 3.88. The Balaban J connectivity index is 1.62. The van der Waals surface area contributed by atoms with Gasteiger partial charge in [-0.05, 0) is 29.0 Å². The Morgan fingerprint density at radius 1 is 1.20 bits per heavy atom. The molecule has 2 aromatic rings. The van der Waals surface area contributed by atoms with Gasteiger partial charge in [-0.25, -0.2) is 0 Å². The largest absolute Gasteiger partial charge is 0.496 e. The van der Waals surface area contributed by atoms with Crippen LogP contribution in [-0.2, 0) is 6.54 Å². The molecule has 5 heteroatoms. The van der Waals surface area contributed by atoms with Gasteiger partial charge in [0.15, 0.2) is 0 Å². The number of ether oxygens (including phenoxy) is 1. The number of piperazine rings is 1. The molecule has 1 aliphatic heterocycles. The number of carbonyl (C=O) groups excluding carboxylic acids is 1. The van der Waals surface area contributed by atoms with Crippen LogP contribution in [-0.4, -0.2) is 49.0 Å². The van der Waals surface area contributed by atoms with Crippen LogP contribution in [0.15, 0.2) is 35.0 Å². The van der Waals surface area contributed by atoms with Crippen molar-refractivity contribution in [2.45, 2.75) is 26.3 Å². The monoisotopic (exact) mass is 358 g/mol. The first-order valence-corrected chi connectivity index (χ1v) is 9.73. The van der Waals surface area contributed by atoms with Crippen molar-refractivity contribution in [3.8, 4) is 5.75 Å². The molecule has 1 aromatic carbocycles. The molecule has 0 atom stereocenters. The Kier molecular flexibility index (Phi) is 5.76. The van der Waals surface area contributed by atoms with Crippen LogP contribution in [0.4, 0.5) is 0 Å². The van der Waals surface area contributed by atoms with Gasteiger partial charge in [0.1, 0.15) is 5.75 Å². The third-order valence-corrected chi connectivity index (χ3v) is 5.48. The highest BCUT2D eigenvalue weighted by Gasteiger charge is 2.23. The first kappa shape index (κ1) is 18.0. The summed E-state index contributed by atoms with van der Waals surface area (Å²) in [6, 6.07) is 8.37. The predicted molar refractivity (Wildman–Crippen MR) is 103 cm³/mol. The van der Waals surface area contributed by atoms with E-state index in [9.17, 15) is 4.79 Å². The number of methoxy groups -OCH3 is 1. The molecular formula is C20H26N2O2S. The lowest BCUT2D eigenvalue weighted by Crippen LogP contribution is -2.48. The molecule has 25 heavy (non-hydrogen) atoms. The minimum atomic E-state index is 0.153. The average Bonchev–Trinajstić information content (AvgIpc) is 3.16. The molecule has 134 valence electrons. The number of rotatable bonds is 5. The van der Waals surface area contributed by atoms with Crippen LogP contribution in [0.3, 0.4) is 0 Å². The maximum atomic E-state index is 12.4. The second kappa shape index (κ2) is 8.02. The lowest BCUT2D eigenvalue weighted by atomic mass is 10.00. The highest BCUT2D eigenvalue weighted by Crippen LogP contribution is 2.26. The van der Waals surface area contributed by atoms with Crippen molar-refractivity contribution in [3.63, 3.8) is 0 Å². The number of hydrogen-bond donors (Lipinski definition) is 0. The van der Waals surface area contributed by atoms with Gasteiger partial charge in [0.25, 0.3) is 5.91 Å². The van der Waals surface area contributed by atoms with Gasteiger partial charge in [-0.15, -0.1) is 0 Å². The Morgan fingerprint density at radius 2 is 1.96 bits per heavy atom. The summed E-state index contributed by atoms with van der Waals surface area (Å²) in [6.07, 6.45) is 0. The van der Waals surface area contributed by atoms with Crippen molar-refractivity contribution in [2.75, 3.05) is 33.3 Å². The van der Waals surface area contributed by atoms with Crippen LogP contribution in [0.2, 0.25) is 0 Å². The van der Waals surface area contributed by atoms with E-state index in [1.807, 2.05) is 21.7 Å². The van der Waals surface area contributed by atoms with Crippen LogP contribution in [0.1, 0.15) is 41.3 Å². The Labute approximate surface area is 154 Å². The first-order chi connectivity index (χ1) is 12.1. The van der Waals surface area contributed by atoms with E-state index in [4.69, 9.17) is 4.74 Å². The zero-order valence-electron chi connectivity index (χ0n) is 15.2. The standard InChI is InChI=1S/C20H26N2O2S/c1-15(2)16-4-5-19(24-3)18(12-16)13-21-7-9-22(10-8-21)20(23)17-6-11-25-14-17/h4-6,11-12,14-15H,7-10,13H2,1-3H3. The molecule has 0 spiro atoms. The molecular weight excluding hydrogens is 332 g/mol. The SMILES string of the molecule is COc1ccc(C(C)C)cc1CN1CCN(C(=O)c2ccsc2)CC1. The van der Waals surface area contributed by atoms with E-state index in [2.05, 4.69) is 36.9 Å². The van der Waals surface area contributed by atoms with Crippen LogP contribution < -0.4 is 4.74 Å². The van der Waals surface area contributed by atoms with Crippen LogP contribution >= 0.6 is 11.3 Å². The summed E-state index contributed by atoms with van der Waals surface area (Å²) in [5.41, 5.74) is 3.37. The Bertz CT molecular complexity index is 704. The molecule has 1 fully saturated rings. The quantitative estimate of drug-likeness (QED) is 0.814. The molecule has 0 saturated carbocycles. The summed E-state index contributed by atoms with van der Waals surface area (Å²) in [7, 11) is 1.73. The summed E-state index contributed by atoms with van der Waals surface area (Å²) < 4.78 is 5.54. The highest BCUT2D eigenvalue weighted by molar-refractivity contribution is 7.08. The van der Waals surface area contributed by atoms with Gasteiger partial charge in [-0.3, -0.25) is 9.69 Å². The summed E-state index contributed by atoms with van der Waals surface area (Å²) in [4.78, 5) is 16.8. The molecule has 1 saturated heterocycles. The van der Waals surface area contributed by atoms with Crippen molar-refractivity contribution >= 4 is 17.2 Å². The molecule has 3 rings (SSSR count). The van der Waals surface area contributed by atoms with Crippen molar-refractivity contribution in [2.24, 2.45) is 0 Å². The van der Waals surface area contributed by atoms with E-state index >= 15 is 0 Å². The molecule has 1 amide bonds. The average molecular weight is 359 g/mol. The minimum absolute atomic E-state index is 0.153.